The Morgan fingerprint density at radius 2 is 2.00 bits per heavy atom. The zero-order valence-electron chi connectivity index (χ0n) is 15.2. The van der Waals surface area contributed by atoms with E-state index in [4.69, 9.17) is 14.3 Å². The van der Waals surface area contributed by atoms with E-state index in [1.807, 2.05) is 13.0 Å². The van der Waals surface area contributed by atoms with Crippen LogP contribution < -0.4 is 9.47 Å². The van der Waals surface area contributed by atoms with E-state index in [1.54, 1.807) is 14.2 Å². The van der Waals surface area contributed by atoms with Crippen LogP contribution >= 0.6 is 0 Å². The normalized spacial score (nSPS) is 28.7. The Balaban J connectivity index is 1.94. The highest BCUT2D eigenvalue weighted by molar-refractivity contribution is 5.86. The molecule has 0 bridgehead atoms. The molecule has 2 atom stereocenters. The van der Waals surface area contributed by atoms with Crippen molar-refractivity contribution in [3.8, 4) is 11.5 Å². The van der Waals surface area contributed by atoms with Crippen LogP contribution in [0.5, 0.6) is 11.5 Å². The van der Waals surface area contributed by atoms with Crippen LogP contribution in [0.2, 0.25) is 0 Å². The lowest BCUT2D eigenvalue weighted by Gasteiger charge is -2.42. The number of fused-ring (bicyclic) bond motifs is 1. The van der Waals surface area contributed by atoms with Crippen molar-refractivity contribution >= 4 is 5.71 Å². The summed E-state index contributed by atoms with van der Waals surface area (Å²) in [6.45, 7) is 3.72. The zero-order valence-corrected chi connectivity index (χ0v) is 15.2. The van der Waals surface area contributed by atoms with Crippen LogP contribution in [0.3, 0.4) is 0 Å². The van der Waals surface area contributed by atoms with Crippen molar-refractivity contribution in [2.75, 3.05) is 34.4 Å². The number of rotatable bonds is 5. The van der Waals surface area contributed by atoms with Crippen LogP contribution in [0.15, 0.2) is 23.4 Å². The molecule has 3 rings (SSSR count). The smallest absolute Gasteiger partial charge is 0.161 e. The van der Waals surface area contributed by atoms with Gasteiger partial charge in [-0.2, -0.15) is 0 Å². The summed E-state index contributed by atoms with van der Waals surface area (Å²) < 4.78 is 10.9. The molecule has 5 nitrogen and oxygen atoms in total. The van der Waals surface area contributed by atoms with Gasteiger partial charge in [0.2, 0.25) is 0 Å². The molecular formula is C19H28N2O3. The fourth-order valence-corrected chi connectivity index (χ4v) is 4.32. The van der Waals surface area contributed by atoms with Gasteiger partial charge in [0.1, 0.15) is 6.61 Å². The lowest BCUT2D eigenvalue weighted by atomic mass is 9.65. The summed E-state index contributed by atoms with van der Waals surface area (Å²) in [6, 6.07) is 6.86. The molecular weight excluding hydrogens is 304 g/mol. The molecule has 0 radical (unpaired) electrons. The highest BCUT2D eigenvalue weighted by atomic mass is 16.6. The Morgan fingerprint density at radius 3 is 2.71 bits per heavy atom. The Hall–Kier alpha value is -1.75. The average molecular weight is 332 g/mol. The SMILES string of the molecule is CCO/N=C1\CCC2(c3ccc(OC)c(OC)c3)CCN(C)C2C1. The average Bonchev–Trinajstić information content (AvgIpc) is 2.97. The molecule has 132 valence electrons. The molecule has 1 saturated carbocycles. The second kappa shape index (κ2) is 7.01. The van der Waals surface area contributed by atoms with Gasteiger partial charge in [-0.1, -0.05) is 11.2 Å². The maximum Gasteiger partial charge on any atom is 0.161 e. The lowest BCUT2D eigenvalue weighted by molar-refractivity contribution is 0.152. The van der Waals surface area contributed by atoms with E-state index in [9.17, 15) is 0 Å². The summed E-state index contributed by atoms with van der Waals surface area (Å²) in [5, 5.41) is 4.33. The molecule has 1 aliphatic heterocycles. The fourth-order valence-electron chi connectivity index (χ4n) is 4.32. The standard InChI is InChI=1S/C19H28N2O3/c1-5-24-20-15-8-9-19(10-11-21(2)18(19)13-15)14-6-7-16(22-3)17(12-14)23-4/h6-7,12,18H,5,8-11,13H2,1-4H3/b20-15+. The monoisotopic (exact) mass is 332 g/mol. The maximum absolute atomic E-state index is 5.53. The summed E-state index contributed by atoms with van der Waals surface area (Å²) in [4.78, 5) is 7.76. The Kier molecular flexibility index (Phi) is 4.99. The van der Waals surface area contributed by atoms with Crippen LogP contribution in [0.4, 0.5) is 0 Å². The van der Waals surface area contributed by atoms with Gasteiger partial charge in [0.05, 0.1) is 19.9 Å². The summed E-state index contributed by atoms with van der Waals surface area (Å²) in [5.74, 6) is 1.60. The number of ether oxygens (including phenoxy) is 2. The molecule has 1 aromatic carbocycles. The van der Waals surface area contributed by atoms with Crippen molar-refractivity contribution in [2.45, 2.75) is 44.1 Å². The number of likely N-dealkylation sites (N-methyl/N-ethyl adjacent to an activating group) is 1. The molecule has 0 amide bonds. The first-order valence-electron chi connectivity index (χ1n) is 8.75. The van der Waals surface area contributed by atoms with Crippen LogP contribution in [0, 0.1) is 0 Å². The van der Waals surface area contributed by atoms with Gasteiger partial charge in [0, 0.05) is 17.9 Å². The first-order valence-corrected chi connectivity index (χ1v) is 8.75. The molecule has 1 saturated heterocycles. The number of hydrogen-bond donors (Lipinski definition) is 0. The van der Waals surface area contributed by atoms with Crippen molar-refractivity contribution < 1.29 is 14.3 Å². The molecule has 1 heterocycles. The quantitative estimate of drug-likeness (QED) is 0.777. The number of hydrogen-bond acceptors (Lipinski definition) is 5. The summed E-state index contributed by atoms with van der Waals surface area (Å²) in [6.07, 6.45) is 4.25. The largest absolute Gasteiger partial charge is 0.493 e. The topological polar surface area (TPSA) is 43.3 Å². The van der Waals surface area contributed by atoms with Crippen molar-refractivity contribution in [2.24, 2.45) is 5.16 Å². The highest BCUT2D eigenvalue weighted by Crippen LogP contribution is 2.49. The van der Waals surface area contributed by atoms with E-state index in [0.717, 1.165) is 37.3 Å². The summed E-state index contributed by atoms with van der Waals surface area (Å²) >= 11 is 0. The minimum atomic E-state index is 0.166. The molecule has 0 aromatic heterocycles. The van der Waals surface area contributed by atoms with Crippen molar-refractivity contribution in [1.82, 2.24) is 4.90 Å². The maximum atomic E-state index is 5.53. The third-order valence-electron chi connectivity index (χ3n) is 5.65. The van der Waals surface area contributed by atoms with Gasteiger partial charge in [-0.3, -0.25) is 0 Å². The fraction of sp³-hybridized carbons (Fsp3) is 0.632. The number of oxime groups is 1. The lowest BCUT2D eigenvalue weighted by Crippen LogP contribution is -2.46. The van der Waals surface area contributed by atoms with E-state index in [1.165, 1.54) is 17.7 Å². The van der Waals surface area contributed by atoms with E-state index in [2.05, 4.69) is 29.2 Å². The van der Waals surface area contributed by atoms with E-state index < -0.39 is 0 Å². The van der Waals surface area contributed by atoms with E-state index in [0.29, 0.717) is 12.6 Å². The van der Waals surface area contributed by atoms with E-state index in [-0.39, 0.29) is 5.41 Å². The van der Waals surface area contributed by atoms with Crippen LogP contribution in [-0.2, 0) is 10.3 Å². The number of methoxy groups -OCH3 is 2. The van der Waals surface area contributed by atoms with Gasteiger partial charge in [-0.25, -0.2) is 0 Å². The van der Waals surface area contributed by atoms with Gasteiger partial charge in [-0.15, -0.1) is 0 Å². The molecule has 0 N–H and O–H groups in total. The molecule has 2 unspecified atom stereocenters. The predicted molar refractivity (Wildman–Crippen MR) is 95.2 cm³/mol. The van der Waals surface area contributed by atoms with E-state index >= 15 is 0 Å². The Morgan fingerprint density at radius 1 is 1.21 bits per heavy atom. The second-order valence-electron chi connectivity index (χ2n) is 6.75. The predicted octanol–water partition coefficient (Wildman–Crippen LogP) is 3.22. The molecule has 0 spiro atoms. The second-order valence-corrected chi connectivity index (χ2v) is 6.75. The van der Waals surface area contributed by atoms with Crippen LogP contribution in [0.1, 0.15) is 38.2 Å². The van der Waals surface area contributed by atoms with Gasteiger partial charge in [-0.05, 0) is 57.5 Å². The summed E-state index contributed by atoms with van der Waals surface area (Å²) in [7, 11) is 5.60. The molecule has 2 fully saturated rings. The van der Waals surface area contributed by atoms with Gasteiger partial charge >= 0.3 is 0 Å². The number of benzene rings is 1. The first kappa shape index (κ1) is 17.1. The van der Waals surface area contributed by atoms with Crippen LogP contribution in [-0.4, -0.2) is 51.1 Å². The van der Waals surface area contributed by atoms with Gasteiger partial charge < -0.3 is 19.2 Å². The van der Waals surface area contributed by atoms with Crippen molar-refractivity contribution in [3.63, 3.8) is 0 Å². The minimum absolute atomic E-state index is 0.166. The minimum Gasteiger partial charge on any atom is -0.493 e. The third kappa shape index (κ3) is 2.86. The van der Waals surface area contributed by atoms with Crippen LogP contribution in [0.25, 0.3) is 0 Å². The Labute approximate surface area is 144 Å². The number of nitrogens with zero attached hydrogens (tertiary/aromatic N) is 2. The molecule has 5 heteroatoms. The highest BCUT2D eigenvalue weighted by Gasteiger charge is 2.50. The van der Waals surface area contributed by atoms with Gasteiger partial charge in [0.15, 0.2) is 11.5 Å². The molecule has 24 heavy (non-hydrogen) atoms. The van der Waals surface area contributed by atoms with Crippen molar-refractivity contribution in [1.29, 1.82) is 0 Å². The molecule has 1 aromatic rings. The molecule has 1 aliphatic carbocycles. The zero-order chi connectivity index (χ0) is 17.2. The summed E-state index contributed by atoms with van der Waals surface area (Å²) in [5.41, 5.74) is 2.70. The van der Waals surface area contributed by atoms with Crippen molar-refractivity contribution in [3.05, 3.63) is 23.8 Å². The molecule has 2 aliphatic rings. The van der Waals surface area contributed by atoms with Gasteiger partial charge in [0.25, 0.3) is 0 Å². The Bertz CT molecular complexity index is 617. The third-order valence-corrected chi connectivity index (χ3v) is 5.65. The first-order chi connectivity index (χ1) is 11.6. The number of likely N-dealkylation sites (tertiary alicyclic amines) is 1.